The monoisotopic (exact) mass is 497 g/mol. The molecule has 1 N–H and O–H groups in total. The number of nitrogens with zero attached hydrogens (tertiary/aromatic N) is 1. The van der Waals surface area contributed by atoms with Crippen LogP contribution in [0.15, 0.2) is 17.3 Å². The molecule has 5 saturated carbocycles. The Labute approximate surface area is 219 Å². The van der Waals surface area contributed by atoms with Crippen molar-refractivity contribution in [1.82, 2.24) is 0 Å². The maximum Gasteiger partial charge on any atom is 0.302 e. The SMILES string of the molecule is C=C(C)[C@@H]1CCC2(C=NO)CC[C@]3(C)C(CCC4[C@@]5(C)CCC(OC(C)=O)C(C)(C)C5CC[C@]43C)C12. The van der Waals surface area contributed by atoms with E-state index < -0.39 is 0 Å². The lowest BCUT2D eigenvalue weighted by atomic mass is 9.32. The minimum Gasteiger partial charge on any atom is -0.462 e. The average molecular weight is 498 g/mol. The van der Waals surface area contributed by atoms with Gasteiger partial charge in [0.15, 0.2) is 0 Å². The molecule has 0 bridgehead atoms. The smallest absolute Gasteiger partial charge is 0.302 e. The van der Waals surface area contributed by atoms with Crippen LogP contribution in [0, 0.1) is 56.7 Å². The zero-order chi connectivity index (χ0) is 26.3. The largest absolute Gasteiger partial charge is 0.462 e. The topological polar surface area (TPSA) is 58.9 Å². The number of hydrogen-bond acceptors (Lipinski definition) is 4. The van der Waals surface area contributed by atoms with Gasteiger partial charge in [-0.3, -0.25) is 4.79 Å². The van der Waals surface area contributed by atoms with Gasteiger partial charge in [0, 0.05) is 17.8 Å². The van der Waals surface area contributed by atoms with Crippen LogP contribution in [0.1, 0.15) is 113 Å². The van der Waals surface area contributed by atoms with Crippen LogP contribution in [0.5, 0.6) is 0 Å². The van der Waals surface area contributed by atoms with E-state index in [-0.39, 0.29) is 33.7 Å². The van der Waals surface area contributed by atoms with Gasteiger partial charge in [0.25, 0.3) is 0 Å². The van der Waals surface area contributed by atoms with Gasteiger partial charge in [0.05, 0.1) is 6.21 Å². The van der Waals surface area contributed by atoms with Gasteiger partial charge >= 0.3 is 5.97 Å². The lowest BCUT2D eigenvalue weighted by molar-refractivity contribution is -0.246. The predicted molar refractivity (Wildman–Crippen MR) is 145 cm³/mol. The van der Waals surface area contributed by atoms with Crippen molar-refractivity contribution in [2.75, 3.05) is 0 Å². The Balaban J connectivity index is 1.52. The van der Waals surface area contributed by atoms with Crippen LogP contribution in [0.2, 0.25) is 0 Å². The van der Waals surface area contributed by atoms with E-state index in [2.05, 4.69) is 53.3 Å². The number of allylic oxidation sites excluding steroid dienone is 1. The van der Waals surface area contributed by atoms with Crippen molar-refractivity contribution in [3.05, 3.63) is 12.2 Å². The fourth-order valence-electron chi connectivity index (χ4n) is 11.9. The molecule has 0 aromatic heterocycles. The molecule has 0 spiro atoms. The molecule has 0 radical (unpaired) electrons. The van der Waals surface area contributed by atoms with E-state index in [1.54, 1.807) is 6.92 Å². The minimum absolute atomic E-state index is 0.00750. The Morgan fingerprint density at radius 2 is 1.61 bits per heavy atom. The lowest BCUT2D eigenvalue weighted by Crippen LogP contribution is -2.66. The number of rotatable bonds is 3. The summed E-state index contributed by atoms with van der Waals surface area (Å²) in [7, 11) is 0. The summed E-state index contributed by atoms with van der Waals surface area (Å²) in [6, 6.07) is 0. The first-order chi connectivity index (χ1) is 16.8. The van der Waals surface area contributed by atoms with Crippen molar-refractivity contribution in [3.8, 4) is 0 Å². The van der Waals surface area contributed by atoms with Gasteiger partial charge in [-0.05, 0) is 117 Å². The zero-order valence-corrected chi connectivity index (χ0v) is 24.0. The number of esters is 1. The highest BCUT2D eigenvalue weighted by Gasteiger charge is 2.71. The van der Waals surface area contributed by atoms with Gasteiger partial charge in [0.1, 0.15) is 6.10 Å². The summed E-state index contributed by atoms with van der Waals surface area (Å²) in [5.74, 6) is 2.89. The number of ether oxygens (including phenoxy) is 1. The molecule has 5 aliphatic rings. The van der Waals surface area contributed by atoms with E-state index >= 15 is 0 Å². The molecular weight excluding hydrogens is 446 g/mol. The van der Waals surface area contributed by atoms with Crippen LogP contribution < -0.4 is 0 Å². The zero-order valence-electron chi connectivity index (χ0n) is 24.0. The van der Waals surface area contributed by atoms with E-state index in [0.717, 1.165) is 19.3 Å². The first kappa shape index (κ1) is 26.3. The molecule has 5 rings (SSSR count). The Kier molecular flexibility index (Phi) is 6.09. The summed E-state index contributed by atoms with van der Waals surface area (Å²) in [5, 5.41) is 13.4. The lowest BCUT2D eigenvalue weighted by Gasteiger charge is -2.72. The van der Waals surface area contributed by atoms with Crippen LogP contribution in [-0.4, -0.2) is 23.5 Å². The molecule has 4 heteroatoms. The second-order valence-electron chi connectivity index (χ2n) is 15.1. The Morgan fingerprint density at radius 3 is 2.25 bits per heavy atom. The standard InChI is InChI=1S/C32H51NO3/c1-20(2)22-11-16-32(19-33-35)18-17-30(7)23(27(22)32)9-10-25-29(6)14-13-26(36-21(3)34)28(4,5)24(29)12-15-31(25,30)8/h19,22-27,35H,1,9-18H2,2-8H3/t22-,23?,24?,25?,26?,27?,29-,30+,31+,32?/m0/s1. The molecule has 0 aromatic rings. The van der Waals surface area contributed by atoms with Crippen molar-refractivity contribution in [1.29, 1.82) is 0 Å². The van der Waals surface area contributed by atoms with Gasteiger partial charge < -0.3 is 9.94 Å². The summed E-state index contributed by atoms with van der Waals surface area (Å²) in [5.41, 5.74) is 2.24. The molecule has 5 aliphatic carbocycles. The van der Waals surface area contributed by atoms with Crippen molar-refractivity contribution in [3.63, 3.8) is 0 Å². The van der Waals surface area contributed by atoms with Gasteiger partial charge in [0.2, 0.25) is 0 Å². The number of hydrogen-bond donors (Lipinski definition) is 1. The van der Waals surface area contributed by atoms with E-state index in [9.17, 15) is 10.0 Å². The van der Waals surface area contributed by atoms with Crippen molar-refractivity contribution in [2.45, 2.75) is 119 Å². The number of oxime groups is 1. The summed E-state index contributed by atoms with van der Waals surface area (Å²) < 4.78 is 5.90. The summed E-state index contributed by atoms with van der Waals surface area (Å²) in [6.45, 7) is 20.9. The molecule has 0 amide bonds. The number of fused-ring (bicyclic) bond motifs is 7. The van der Waals surface area contributed by atoms with E-state index in [1.807, 2.05) is 6.21 Å². The minimum atomic E-state index is -0.133. The second-order valence-corrected chi connectivity index (χ2v) is 15.1. The fourth-order valence-corrected chi connectivity index (χ4v) is 11.9. The molecule has 0 saturated heterocycles. The van der Waals surface area contributed by atoms with Crippen molar-refractivity contribution < 1.29 is 14.7 Å². The average Bonchev–Trinajstić information content (AvgIpc) is 3.16. The van der Waals surface area contributed by atoms with Gasteiger partial charge in [-0.15, -0.1) is 5.16 Å². The first-order valence-corrected chi connectivity index (χ1v) is 14.8. The van der Waals surface area contributed by atoms with E-state index in [1.165, 1.54) is 50.5 Å². The molecule has 6 unspecified atom stereocenters. The highest BCUT2D eigenvalue weighted by Crippen LogP contribution is 2.77. The fraction of sp³-hybridized carbons (Fsp3) is 0.875. The quantitative estimate of drug-likeness (QED) is 0.141. The maximum atomic E-state index is 11.9. The molecular formula is C32H51NO3. The third kappa shape index (κ3) is 3.30. The third-order valence-corrected chi connectivity index (χ3v) is 13.7. The summed E-state index contributed by atoms with van der Waals surface area (Å²) in [6.07, 6.45) is 13.9. The van der Waals surface area contributed by atoms with Crippen LogP contribution in [0.4, 0.5) is 0 Å². The normalized spacial score (nSPS) is 51.5. The van der Waals surface area contributed by atoms with Crippen LogP contribution in [0.25, 0.3) is 0 Å². The molecule has 0 aromatic carbocycles. The van der Waals surface area contributed by atoms with E-state index in [4.69, 9.17) is 4.74 Å². The highest BCUT2D eigenvalue weighted by molar-refractivity contribution is 5.67. The molecule has 0 aliphatic heterocycles. The third-order valence-electron chi connectivity index (χ3n) is 13.7. The van der Waals surface area contributed by atoms with Crippen molar-refractivity contribution in [2.24, 2.45) is 61.8 Å². The van der Waals surface area contributed by atoms with Gasteiger partial charge in [-0.2, -0.15) is 0 Å². The molecule has 36 heavy (non-hydrogen) atoms. The first-order valence-electron chi connectivity index (χ1n) is 14.8. The van der Waals surface area contributed by atoms with Gasteiger partial charge in [-0.25, -0.2) is 0 Å². The summed E-state index contributed by atoms with van der Waals surface area (Å²) >= 11 is 0. The van der Waals surface area contributed by atoms with E-state index in [0.29, 0.717) is 35.0 Å². The molecule has 5 fully saturated rings. The predicted octanol–water partition coefficient (Wildman–Crippen LogP) is 8.04. The van der Waals surface area contributed by atoms with Crippen LogP contribution in [-0.2, 0) is 9.53 Å². The molecule has 4 nitrogen and oxygen atoms in total. The molecule has 202 valence electrons. The van der Waals surface area contributed by atoms with Crippen LogP contribution >= 0.6 is 0 Å². The molecule has 0 heterocycles. The van der Waals surface area contributed by atoms with Gasteiger partial charge in [-0.1, -0.05) is 46.8 Å². The van der Waals surface area contributed by atoms with Crippen molar-refractivity contribution >= 4 is 12.2 Å². The highest BCUT2D eigenvalue weighted by atomic mass is 16.5. The Hall–Kier alpha value is -1.32. The maximum absolute atomic E-state index is 11.9. The molecule has 10 atom stereocenters. The second kappa shape index (κ2) is 8.34. The summed E-state index contributed by atoms with van der Waals surface area (Å²) in [4.78, 5) is 11.9. The Bertz CT molecular complexity index is 955. The number of carbonyl (C=O) groups excluding carboxylic acids is 1. The Morgan fingerprint density at radius 1 is 0.889 bits per heavy atom. The van der Waals surface area contributed by atoms with Crippen LogP contribution in [0.3, 0.4) is 0 Å². The number of carbonyl (C=O) groups is 1.